The molecule has 0 saturated carbocycles. The summed E-state index contributed by atoms with van der Waals surface area (Å²) >= 11 is 5.41. The second-order valence-corrected chi connectivity index (χ2v) is 7.38. The van der Waals surface area contributed by atoms with Gasteiger partial charge in [0.15, 0.2) is 5.65 Å². The van der Waals surface area contributed by atoms with E-state index in [1.165, 1.54) is 19.8 Å². The Morgan fingerprint density at radius 2 is 2.29 bits per heavy atom. The van der Waals surface area contributed by atoms with E-state index in [1.807, 2.05) is 18.2 Å². The lowest BCUT2D eigenvalue weighted by Gasteiger charge is -2.05. The van der Waals surface area contributed by atoms with Gasteiger partial charge in [-0.2, -0.15) is 4.98 Å². The maximum atomic E-state index is 4.40. The number of pyridine rings is 1. The lowest BCUT2D eigenvalue weighted by atomic mass is 10.2. The molecule has 7 heteroatoms. The number of thiophene rings is 1. The summed E-state index contributed by atoms with van der Waals surface area (Å²) in [6.07, 6.45) is 4.67. The Labute approximate surface area is 153 Å². The second kappa shape index (κ2) is 7.92. The molecule has 0 bridgehead atoms. The minimum Gasteiger partial charge on any atom is -0.356 e. The molecule has 24 heavy (non-hydrogen) atoms. The van der Waals surface area contributed by atoms with Gasteiger partial charge in [0.1, 0.15) is 0 Å². The molecule has 0 aliphatic rings. The molecule has 3 heterocycles. The minimum absolute atomic E-state index is 0.745. The first kappa shape index (κ1) is 17.1. The summed E-state index contributed by atoms with van der Waals surface area (Å²) in [6, 6.07) is 3.87. The Hall–Kier alpha value is -1.70. The van der Waals surface area contributed by atoms with Crippen LogP contribution in [0.3, 0.4) is 0 Å². The van der Waals surface area contributed by atoms with E-state index < -0.39 is 0 Å². The van der Waals surface area contributed by atoms with Crippen LogP contribution in [-0.4, -0.2) is 28.0 Å². The third-order valence-electron chi connectivity index (χ3n) is 3.75. The minimum atomic E-state index is 0.745. The van der Waals surface area contributed by atoms with Crippen LogP contribution in [0.25, 0.3) is 17.2 Å². The van der Waals surface area contributed by atoms with Crippen LogP contribution >= 0.6 is 27.3 Å². The van der Waals surface area contributed by atoms with E-state index in [-0.39, 0.29) is 0 Å². The summed E-state index contributed by atoms with van der Waals surface area (Å²) in [5.74, 6) is 0.775. The molecule has 0 fully saturated rings. The molecule has 3 rings (SSSR count). The SMILES string of the molecule is C=Cc1sc(CNCCCNc2nc3ncccc3[nH]2)c(C)c1Br. The lowest BCUT2D eigenvalue weighted by Crippen LogP contribution is -2.17. The van der Waals surface area contributed by atoms with Crippen molar-refractivity contribution in [2.75, 3.05) is 18.4 Å². The fourth-order valence-corrected chi connectivity index (χ4v) is 4.21. The molecule has 5 nitrogen and oxygen atoms in total. The van der Waals surface area contributed by atoms with Gasteiger partial charge < -0.3 is 15.6 Å². The highest BCUT2D eigenvalue weighted by molar-refractivity contribution is 9.10. The average molecular weight is 406 g/mol. The monoisotopic (exact) mass is 405 g/mol. The molecule has 0 aliphatic carbocycles. The van der Waals surface area contributed by atoms with Gasteiger partial charge in [-0.1, -0.05) is 12.7 Å². The van der Waals surface area contributed by atoms with Crippen molar-refractivity contribution >= 4 is 50.5 Å². The van der Waals surface area contributed by atoms with Crippen molar-refractivity contribution < 1.29 is 0 Å². The normalized spacial score (nSPS) is 11.1. The number of aromatic amines is 1. The van der Waals surface area contributed by atoms with E-state index in [4.69, 9.17) is 0 Å². The smallest absolute Gasteiger partial charge is 0.202 e. The highest BCUT2D eigenvalue weighted by Gasteiger charge is 2.10. The van der Waals surface area contributed by atoms with Gasteiger partial charge in [0, 0.05) is 33.5 Å². The van der Waals surface area contributed by atoms with E-state index in [2.05, 4.69) is 55.0 Å². The van der Waals surface area contributed by atoms with Crippen molar-refractivity contribution in [1.29, 1.82) is 0 Å². The number of hydrogen-bond acceptors (Lipinski definition) is 5. The van der Waals surface area contributed by atoms with Gasteiger partial charge in [-0.15, -0.1) is 11.3 Å². The van der Waals surface area contributed by atoms with Crippen molar-refractivity contribution in [3.63, 3.8) is 0 Å². The maximum Gasteiger partial charge on any atom is 0.202 e. The molecule has 0 amide bonds. The largest absolute Gasteiger partial charge is 0.356 e. The van der Waals surface area contributed by atoms with Crippen LogP contribution in [0.15, 0.2) is 29.4 Å². The van der Waals surface area contributed by atoms with Crippen molar-refractivity contribution in [2.24, 2.45) is 0 Å². The molecule has 0 radical (unpaired) electrons. The third kappa shape index (κ3) is 3.85. The zero-order valence-corrected chi connectivity index (χ0v) is 15.9. The number of nitrogens with one attached hydrogen (secondary N) is 3. The molecule has 0 spiro atoms. The molecule has 3 aromatic heterocycles. The van der Waals surface area contributed by atoms with E-state index >= 15 is 0 Å². The van der Waals surface area contributed by atoms with Gasteiger partial charge in [-0.25, -0.2) is 4.98 Å². The summed E-state index contributed by atoms with van der Waals surface area (Å²) in [5, 5.41) is 6.79. The molecule has 0 unspecified atom stereocenters. The lowest BCUT2D eigenvalue weighted by molar-refractivity contribution is 0.666. The average Bonchev–Trinajstić information content (AvgIpc) is 3.13. The number of rotatable bonds is 8. The summed E-state index contributed by atoms with van der Waals surface area (Å²) in [7, 11) is 0. The van der Waals surface area contributed by atoms with Crippen molar-refractivity contribution in [2.45, 2.75) is 19.9 Å². The number of H-pyrrole nitrogens is 1. The molecule has 0 saturated heterocycles. The van der Waals surface area contributed by atoms with Crippen molar-refractivity contribution in [3.05, 3.63) is 44.7 Å². The molecule has 126 valence electrons. The topological polar surface area (TPSA) is 65.6 Å². The highest BCUT2D eigenvalue weighted by Crippen LogP contribution is 2.33. The highest BCUT2D eigenvalue weighted by atomic mass is 79.9. The van der Waals surface area contributed by atoms with Gasteiger partial charge in [-0.3, -0.25) is 0 Å². The Balaban J connectivity index is 1.40. The van der Waals surface area contributed by atoms with Crippen molar-refractivity contribution in [1.82, 2.24) is 20.3 Å². The second-order valence-electron chi connectivity index (χ2n) is 5.45. The van der Waals surface area contributed by atoms with E-state index in [1.54, 1.807) is 17.5 Å². The van der Waals surface area contributed by atoms with Crippen LogP contribution in [0.5, 0.6) is 0 Å². The standard InChI is InChI=1S/C17H20BrN5S/c1-3-13-15(18)11(2)14(24-13)10-19-7-5-9-21-17-22-12-6-4-8-20-16(12)23-17/h3-4,6,8,19H,1,5,7,9-10H2,2H3,(H2,20,21,22,23). The van der Waals surface area contributed by atoms with Crippen LogP contribution in [0.1, 0.15) is 21.7 Å². The zero-order chi connectivity index (χ0) is 16.9. The fraction of sp³-hybridized carbons (Fsp3) is 0.294. The molecular weight excluding hydrogens is 386 g/mol. The number of anilines is 1. The van der Waals surface area contributed by atoms with Crippen LogP contribution in [-0.2, 0) is 6.54 Å². The van der Waals surface area contributed by atoms with E-state index in [0.717, 1.165) is 43.2 Å². The van der Waals surface area contributed by atoms with Crippen LogP contribution < -0.4 is 10.6 Å². The first-order chi connectivity index (χ1) is 11.7. The number of halogens is 1. The predicted octanol–water partition coefficient (Wildman–Crippen LogP) is 4.33. The van der Waals surface area contributed by atoms with Gasteiger partial charge in [0.25, 0.3) is 0 Å². The first-order valence-corrected chi connectivity index (χ1v) is 9.45. The number of hydrogen-bond donors (Lipinski definition) is 3. The van der Waals surface area contributed by atoms with Crippen LogP contribution in [0, 0.1) is 6.92 Å². The Morgan fingerprint density at radius 1 is 1.42 bits per heavy atom. The zero-order valence-electron chi connectivity index (χ0n) is 13.5. The maximum absolute atomic E-state index is 4.40. The number of aromatic nitrogens is 3. The van der Waals surface area contributed by atoms with Crippen LogP contribution in [0.4, 0.5) is 5.95 Å². The fourth-order valence-electron chi connectivity index (χ4n) is 2.41. The van der Waals surface area contributed by atoms with Crippen molar-refractivity contribution in [3.8, 4) is 0 Å². The van der Waals surface area contributed by atoms with Gasteiger partial charge in [-0.05, 0) is 53.5 Å². The number of nitrogens with zero attached hydrogens (tertiary/aromatic N) is 2. The van der Waals surface area contributed by atoms with E-state index in [0.29, 0.717) is 0 Å². The molecule has 0 aliphatic heterocycles. The quantitative estimate of drug-likeness (QED) is 0.488. The summed E-state index contributed by atoms with van der Waals surface area (Å²) in [4.78, 5) is 14.4. The summed E-state index contributed by atoms with van der Waals surface area (Å²) in [5.41, 5.74) is 3.00. The van der Waals surface area contributed by atoms with Gasteiger partial charge in [0.2, 0.25) is 5.95 Å². The number of fused-ring (bicyclic) bond motifs is 1. The molecular formula is C17H20BrN5S. The Bertz CT molecular complexity index is 806. The number of imidazole rings is 1. The summed E-state index contributed by atoms with van der Waals surface area (Å²) in [6.45, 7) is 8.68. The Morgan fingerprint density at radius 3 is 3.04 bits per heavy atom. The third-order valence-corrected chi connectivity index (χ3v) is 6.32. The predicted molar refractivity (Wildman–Crippen MR) is 106 cm³/mol. The van der Waals surface area contributed by atoms with E-state index in [9.17, 15) is 0 Å². The Kier molecular flexibility index (Phi) is 5.65. The molecule has 0 aromatic carbocycles. The molecule has 3 aromatic rings. The van der Waals surface area contributed by atoms with Gasteiger partial charge >= 0.3 is 0 Å². The summed E-state index contributed by atoms with van der Waals surface area (Å²) < 4.78 is 1.17. The van der Waals surface area contributed by atoms with Gasteiger partial charge in [0.05, 0.1) is 5.52 Å². The first-order valence-electron chi connectivity index (χ1n) is 7.84. The van der Waals surface area contributed by atoms with Crippen LogP contribution in [0.2, 0.25) is 0 Å². The molecule has 0 atom stereocenters. The molecule has 3 N–H and O–H groups in total.